The first-order chi connectivity index (χ1) is 9.17. The highest BCUT2D eigenvalue weighted by atomic mass is 19.1. The molecule has 1 unspecified atom stereocenters. The summed E-state index contributed by atoms with van der Waals surface area (Å²) < 4.78 is 23.9. The third kappa shape index (κ3) is 6.00. The highest BCUT2D eigenvalue weighted by Crippen LogP contribution is 2.18. The molecule has 1 rings (SSSR count). The predicted molar refractivity (Wildman–Crippen MR) is 71.8 cm³/mol. The monoisotopic (exact) mass is 271 g/mol. The van der Waals surface area contributed by atoms with Crippen LogP contribution in [0.1, 0.15) is 18.9 Å². The van der Waals surface area contributed by atoms with Crippen molar-refractivity contribution in [1.82, 2.24) is 5.32 Å². The van der Waals surface area contributed by atoms with Gasteiger partial charge < -0.3 is 19.9 Å². The number of ether oxygens (including phenoxy) is 2. The molecule has 2 N–H and O–H groups in total. The molecule has 0 aliphatic rings. The standard InChI is InChI=1S/C14H22FNO3/c1-3-12(17)10-19-14-5-4-11(8-13(14)15)9-16-6-7-18-2/h4-5,8,12,16-17H,3,6-7,9-10H2,1-2H3. The maximum atomic E-state index is 13.7. The fourth-order valence-corrected chi connectivity index (χ4v) is 1.48. The Morgan fingerprint density at radius 2 is 2.21 bits per heavy atom. The molecule has 0 saturated carbocycles. The van der Waals surface area contributed by atoms with E-state index in [4.69, 9.17) is 9.47 Å². The van der Waals surface area contributed by atoms with Crippen LogP contribution in [-0.2, 0) is 11.3 Å². The van der Waals surface area contributed by atoms with Crippen LogP contribution in [0.2, 0.25) is 0 Å². The minimum Gasteiger partial charge on any atom is -0.488 e. The molecule has 0 heterocycles. The van der Waals surface area contributed by atoms with Crippen molar-refractivity contribution >= 4 is 0 Å². The average molecular weight is 271 g/mol. The SMILES string of the molecule is CCC(O)COc1ccc(CNCCOC)cc1F. The second-order valence-corrected chi connectivity index (χ2v) is 4.31. The summed E-state index contributed by atoms with van der Waals surface area (Å²) in [6.07, 6.45) is 0.0260. The van der Waals surface area contributed by atoms with Crippen LogP contribution in [0.5, 0.6) is 5.75 Å². The number of halogens is 1. The lowest BCUT2D eigenvalue weighted by atomic mass is 10.2. The number of rotatable bonds is 9. The van der Waals surface area contributed by atoms with E-state index >= 15 is 0 Å². The van der Waals surface area contributed by atoms with Crippen molar-refractivity contribution in [3.8, 4) is 5.75 Å². The molecule has 19 heavy (non-hydrogen) atoms. The second kappa shape index (κ2) is 8.85. The Morgan fingerprint density at radius 3 is 2.84 bits per heavy atom. The molecular formula is C14H22FNO3. The van der Waals surface area contributed by atoms with Crippen molar-refractivity contribution in [1.29, 1.82) is 0 Å². The zero-order valence-corrected chi connectivity index (χ0v) is 11.5. The molecule has 0 saturated heterocycles. The van der Waals surface area contributed by atoms with E-state index in [1.807, 2.05) is 6.92 Å². The van der Waals surface area contributed by atoms with Crippen molar-refractivity contribution in [2.24, 2.45) is 0 Å². The first-order valence-electron chi connectivity index (χ1n) is 6.46. The molecule has 0 aliphatic carbocycles. The third-order valence-corrected chi connectivity index (χ3v) is 2.71. The summed E-state index contributed by atoms with van der Waals surface area (Å²) in [5, 5.41) is 12.5. The fourth-order valence-electron chi connectivity index (χ4n) is 1.48. The summed E-state index contributed by atoms with van der Waals surface area (Å²) in [7, 11) is 1.64. The van der Waals surface area contributed by atoms with Gasteiger partial charge in [0.1, 0.15) is 6.61 Å². The van der Waals surface area contributed by atoms with Crippen molar-refractivity contribution in [3.63, 3.8) is 0 Å². The van der Waals surface area contributed by atoms with Crippen molar-refractivity contribution in [2.45, 2.75) is 26.0 Å². The summed E-state index contributed by atoms with van der Waals surface area (Å²) in [4.78, 5) is 0. The highest BCUT2D eigenvalue weighted by Gasteiger charge is 2.07. The molecule has 5 heteroatoms. The molecule has 1 atom stereocenters. The van der Waals surface area contributed by atoms with E-state index < -0.39 is 11.9 Å². The topological polar surface area (TPSA) is 50.7 Å². The van der Waals surface area contributed by atoms with Crippen molar-refractivity contribution < 1.29 is 19.0 Å². The van der Waals surface area contributed by atoms with Crippen LogP contribution in [0, 0.1) is 5.82 Å². The summed E-state index contributed by atoms with van der Waals surface area (Å²) in [6, 6.07) is 4.83. The molecule has 0 aromatic heterocycles. The molecule has 1 aromatic carbocycles. The lowest BCUT2D eigenvalue weighted by Crippen LogP contribution is -2.19. The summed E-state index contributed by atoms with van der Waals surface area (Å²) in [5.41, 5.74) is 0.844. The number of nitrogens with one attached hydrogen (secondary N) is 1. The summed E-state index contributed by atoms with van der Waals surface area (Å²) >= 11 is 0. The largest absolute Gasteiger partial charge is 0.488 e. The molecule has 108 valence electrons. The lowest BCUT2D eigenvalue weighted by molar-refractivity contribution is 0.102. The van der Waals surface area contributed by atoms with Crippen LogP contribution in [0.25, 0.3) is 0 Å². The van der Waals surface area contributed by atoms with Gasteiger partial charge in [-0.2, -0.15) is 0 Å². The Bertz CT molecular complexity index is 374. The van der Waals surface area contributed by atoms with Gasteiger partial charge in [-0.25, -0.2) is 4.39 Å². The average Bonchev–Trinajstić information content (AvgIpc) is 2.42. The fraction of sp³-hybridized carbons (Fsp3) is 0.571. The zero-order valence-electron chi connectivity index (χ0n) is 11.5. The van der Waals surface area contributed by atoms with Crippen LogP contribution >= 0.6 is 0 Å². The van der Waals surface area contributed by atoms with Gasteiger partial charge >= 0.3 is 0 Å². The second-order valence-electron chi connectivity index (χ2n) is 4.31. The van der Waals surface area contributed by atoms with Gasteiger partial charge in [0.05, 0.1) is 12.7 Å². The zero-order chi connectivity index (χ0) is 14.1. The number of benzene rings is 1. The highest BCUT2D eigenvalue weighted by molar-refractivity contribution is 5.29. The Balaban J connectivity index is 2.45. The number of hydrogen-bond acceptors (Lipinski definition) is 4. The first kappa shape index (κ1) is 15.9. The quantitative estimate of drug-likeness (QED) is 0.671. The molecule has 0 radical (unpaired) electrons. The Morgan fingerprint density at radius 1 is 1.42 bits per heavy atom. The lowest BCUT2D eigenvalue weighted by Gasteiger charge is -2.12. The van der Waals surface area contributed by atoms with Crippen molar-refractivity contribution in [3.05, 3.63) is 29.6 Å². The smallest absolute Gasteiger partial charge is 0.165 e. The van der Waals surface area contributed by atoms with Crippen LogP contribution in [0.4, 0.5) is 4.39 Å². The molecule has 0 fully saturated rings. The van der Waals surface area contributed by atoms with Crippen LogP contribution in [0.3, 0.4) is 0 Å². The Kier molecular flexibility index (Phi) is 7.40. The van der Waals surface area contributed by atoms with Gasteiger partial charge in [-0.15, -0.1) is 0 Å². The minimum atomic E-state index is -0.560. The van der Waals surface area contributed by atoms with Gasteiger partial charge in [0.25, 0.3) is 0 Å². The Hall–Kier alpha value is -1.17. The van der Waals surface area contributed by atoms with Crippen LogP contribution in [-0.4, -0.2) is 38.1 Å². The Labute approximate surface area is 113 Å². The van der Waals surface area contributed by atoms with Crippen LogP contribution in [0.15, 0.2) is 18.2 Å². The summed E-state index contributed by atoms with van der Waals surface area (Å²) in [6.45, 7) is 3.88. The molecule has 4 nitrogen and oxygen atoms in total. The maximum Gasteiger partial charge on any atom is 0.165 e. The van der Waals surface area contributed by atoms with Gasteiger partial charge in [-0.05, 0) is 24.1 Å². The molecule has 0 spiro atoms. The molecule has 1 aromatic rings. The summed E-state index contributed by atoms with van der Waals surface area (Å²) in [5.74, 6) is -0.234. The van der Waals surface area contributed by atoms with Gasteiger partial charge in [-0.3, -0.25) is 0 Å². The van der Waals surface area contributed by atoms with Gasteiger partial charge in [-0.1, -0.05) is 13.0 Å². The van der Waals surface area contributed by atoms with Gasteiger partial charge in [0, 0.05) is 20.2 Å². The van der Waals surface area contributed by atoms with Crippen LogP contribution < -0.4 is 10.1 Å². The van der Waals surface area contributed by atoms with Gasteiger partial charge in [0.15, 0.2) is 11.6 Å². The molecule has 0 bridgehead atoms. The van der Waals surface area contributed by atoms with E-state index in [9.17, 15) is 9.50 Å². The van der Waals surface area contributed by atoms with Gasteiger partial charge in [0.2, 0.25) is 0 Å². The van der Waals surface area contributed by atoms with E-state index in [0.717, 1.165) is 12.1 Å². The van der Waals surface area contributed by atoms with E-state index in [-0.39, 0.29) is 12.4 Å². The van der Waals surface area contributed by atoms with E-state index in [1.54, 1.807) is 19.2 Å². The first-order valence-corrected chi connectivity index (χ1v) is 6.46. The number of aliphatic hydroxyl groups excluding tert-OH is 1. The van der Waals surface area contributed by atoms with E-state index in [1.165, 1.54) is 6.07 Å². The normalized spacial score (nSPS) is 12.4. The number of aliphatic hydroxyl groups is 1. The molecular weight excluding hydrogens is 249 g/mol. The maximum absolute atomic E-state index is 13.7. The predicted octanol–water partition coefficient (Wildman–Crippen LogP) is 1.71. The number of hydrogen-bond donors (Lipinski definition) is 2. The molecule has 0 aliphatic heterocycles. The molecule has 0 amide bonds. The van der Waals surface area contributed by atoms with E-state index in [2.05, 4.69) is 5.32 Å². The minimum absolute atomic E-state index is 0.110. The third-order valence-electron chi connectivity index (χ3n) is 2.71. The van der Waals surface area contributed by atoms with Crippen molar-refractivity contribution in [2.75, 3.05) is 26.9 Å². The number of methoxy groups -OCH3 is 1. The van der Waals surface area contributed by atoms with E-state index in [0.29, 0.717) is 19.6 Å².